The number of benzene rings is 1. The number of nitrogens with zero attached hydrogens (tertiary/aromatic N) is 1. The molecular formula is C16H24N2O3S. The third-order valence-electron chi connectivity index (χ3n) is 3.79. The zero-order valence-corrected chi connectivity index (χ0v) is 13.8. The Morgan fingerprint density at radius 3 is 2.55 bits per heavy atom. The van der Waals surface area contributed by atoms with Crippen LogP contribution in [0.3, 0.4) is 0 Å². The number of carbonyl (C=O) groups is 1. The molecule has 122 valence electrons. The van der Waals surface area contributed by atoms with Crippen LogP contribution >= 0.6 is 0 Å². The van der Waals surface area contributed by atoms with Crippen LogP contribution in [0, 0.1) is 0 Å². The van der Waals surface area contributed by atoms with E-state index in [-0.39, 0.29) is 11.7 Å². The maximum Gasteiger partial charge on any atom is 0.219 e. The molecule has 1 saturated carbocycles. The normalized spacial score (nSPS) is 14.8. The molecule has 0 saturated heterocycles. The molecule has 0 atom stereocenters. The first kappa shape index (κ1) is 17.0. The van der Waals surface area contributed by atoms with Gasteiger partial charge in [0.15, 0.2) is 0 Å². The van der Waals surface area contributed by atoms with Crippen molar-refractivity contribution in [2.24, 2.45) is 0 Å². The predicted octanol–water partition coefficient (Wildman–Crippen LogP) is 1.55. The van der Waals surface area contributed by atoms with Gasteiger partial charge in [0.25, 0.3) is 0 Å². The van der Waals surface area contributed by atoms with Crippen LogP contribution in [-0.4, -0.2) is 44.1 Å². The van der Waals surface area contributed by atoms with Crippen LogP contribution in [0.15, 0.2) is 30.3 Å². The first-order valence-electron chi connectivity index (χ1n) is 7.76. The van der Waals surface area contributed by atoms with E-state index in [9.17, 15) is 13.2 Å². The van der Waals surface area contributed by atoms with E-state index in [2.05, 4.69) is 4.72 Å². The van der Waals surface area contributed by atoms with Gasteiger partial charge in [-0.15, -0.1) is 0 Å². The first-order chi connectivity index (χ1) is 10.5. The molecule has 0 aliphatic heterocycles. The molecule has 22 heavy (non-hydrogen) atoms. The summed E-state index contributed by atoms with van der Waals surface area (Å²) in [5.41, 5.74) is 1.15. The fourth-order valence-electron chi connectivity index (χ4n) is 2.49. The van der Waals surface area contributed by atoms with E-state index in [1.54, 1.807) is 4.90 Å². The van der Waals surface area contributed by atoms with Crippen LogP contribution < -0.4 is 4.72 Å². The number of aryl methyl sites for hydroxylation is 1. The van der Waals surface area contributed by atoms with Crippen molar-refractivity contribution in [3.05, 3.63) is 35.9 Å². The second-order valence-corrected chi connectivity index (χ2v) is 7.67. The minimum atomic E-state index is -3.27. The molecular weight excluding hydrogens is 300 g/mol. The number of hydrogen-bond acceptors (Lipinski definition) is 3. The van der Waals surface area contributed by atoms with Gasteiger partial charge in [0.1, 0.15) is 0 Å². The smallest absolute Gasteiger partial charge is 0.219 e. The number of rotatable bonds is 9. The third kappa shape index (κ3) is 5.77. The lowest BCUT2D eigenvalue weighted by Gasteiger charge is -2.20. The topological polar surface area (TPSA) is 66.5 Å². The molecule has 0 radical (unpaired) electrons. The molecule has 0 spiro atoms. The summed E-state index contributed by atoms with van der Waals surface area (Å²) in [7, 11) is -3.27. The van der Waals surface area contributed by atoms with Crippen LogP contribution in [0.4, 0.5) is 0 Å². The summed E-state index contributed by atoms with van der Waals surface area (Å²) < 4.78 is 26.5. The Kier molecular flexibility index (Phi) is 5.97. The summed E-state index contributed by atoms with van der Waals surface area (Å²) >= 11 is 0. The molecule has 1 amide bonds. The summed E-state index contributed by atoms with van der Waals surface area (Å²) in [4.78, 5) is 13.2. The van der Waals surface area contributed by atoms with Gasteiger partial charge in [0.05, 0.1) is 5.75 Å². The van der Waals surface area contributed by atoms with Crippen molar-refractivity contribution in [2.45, 2.75) is 38.6 Å². The SMILES string of the molecule is CC(=O)N(CCNS(=O)(=O)CCCc1ccccc1)C1CC1. The Morgan fingerprint density at radius 2 is 1.95 bits per heavy atom. The second kappa shape index (κ2) is 7.74. The summed E-state index contributed by atoms with van der Waals surface area (Å²) in [5, 5.41) is 0. The summed E-state index contributed by atoms with van der Waals surface area (Å²) in [6.45, 7) is 2.29. The zero-order chi connectivity index (χ0) is 16.0. The second-order valence-electron chi connectivity index (χ2n) is 5.75. The molecule has 0 unspecified atom stereocenters. The Morgan fingerprint density at radius 1 is 1.27 bits per heavy atom. The lowest BCUT2D eigenvalue weighted by atomic mass is 10.1. The maximum atomic E-state index is 11.9. The first-order valence-corrected chi connectivity index (χ1v) is 9.41. The Balaban J connectivity index is 1.68. The third-order valence-corrected chi connectivity index (χ3v) is 5.26. The molecule has 6 heteroatoms. The van der Waals surface area contributed by atoms with Crippen molar-refractivity contribution in [3.8, 4) is 0 Å². The molecule has 1 aromatic rings. The zero-order valence-electron chi connectivity index (χ0n) is 13.0. The van der Waals surface area contributed by atoms with Crippen LogP contribution in [0.2, 0.25) is 0 Å². The molecule has 1 N–H and O–H groups in total. The van der Waals surface area contributed by atoms with E-state index in [0.29, 0.717) is 25.6 Å². The summed E-state index contributed by atoms with van der Waals surface area (Å²) in [5.74, 6) is 0.136. The molecule has 0 bridgehead atoms. The molecule has 2 rings (SSSR count). The van der Waals surface area contributed by atoms with E-state index in [1.165, 1.54) is 6.92 Å². The van der Waals surface area contributed by atoms with Crippen molar-refractivity contribution >= 4 is 15.9 Å². The summed E-state index contributed by atoms with van der Waals surface area (Å²) in [6, 6.07) is 10.2. The van der Waals surface area contributed by atoms with Crippen molar-refractivity contribution in [1.82, 2.24) is 9.62 Å². The molecule has 1 aromatic carbocycles. The molecule has 0 aromatic heterocycles. The van der Waals surface area contributed by atoms with E-state index in [0.717, 1.165) is 24.8 Å². The van der Waals surface area contributed by atoms with Gasteiger partial charge in [0.2, 0.25) is 15.9 Å². The van der Waals surface area contributed by atoms with Gasteiger partial charge >= 0.3 is 0 Å². The van der Waals surface area contributed by atoms with E-state index in [4.69, 9.17) is 0 Å². The van der Waals surface area contributed by atoms with Crippen molar-refractivity contribution < 1.29 is 13.2 Å². The van der Waals surface area contributed by atoms with E-state index in [1.807, 2.05) is 30.3 Å². The minimum Gasteiger partial charge on any atom is -0.339 e. The predicted molar refractivity (Wildman–Crippen MR) is 87.0 cm³/mol. The largest absolute Gasteiger partial charge is 0.339 e. The van der Waals surface area contributed by atoms with Gasteiger partial charge in [-0.2, -0.15) is 0 Å². The number of nitrogens with one attached hydrogen (secondary N) is 1. The number of amides is 1. The van der Waals surface area contributed by atoms with Crippen LogP contribution in [0.5, 0.6) is 0 Å². The fraction of sp³-hybridized carbons (Fsp3) is 0.562. The van der Waals surface area contributed by atoms with E-state index < -0.39 is 10.0 Å². The van der Waals surface area contributed by atoms with Gasteiger partial charge < -0.3 is 4.90 Å². The molecule has 1 aliphatic carbocycles. The van der Waals surface area contributed by atoms with E-state index >= 15 is 0 Å². The lowest BCUT2D eigenvalue weighted by molar-refractivity contribution is -0.129. The monoisotopic (exact) mass is 324 g/mol. The van der Waals surface area contributed by atoms with Crippen molar-refractivity contribution in [3.63, 3.8) is 0 Å². The van der Waals surface area contributed by atoms with Gasteiger partial charge in [-0.3, -0.25) is 4.79 Å². The standard InChI is InChI=1S/C16H24N2O3S/c1-14(19)18(16-9-10-16)12-11-17-22(20,21)13-5-8-15-6-3-2-4-7-15/h2-4,6-7,16-17H,5,8-13H2,1H3. The average Bonchev–Trinajstić information content (AvgIpc) is 3.28. The quantitative estimate of drug-likeness (QED) is 0.749. The molecule has 1 fully saturated rings. The highest BCUT2D eigenvalue weighted by Gasteiger charge is 2.30. The van der Waals surface area contributed by atoms with Crippen LogP contribution in [0.1, 0.15) is 31.7 Å². The van der Waals surface area contributed by atoms with Crippen molar-refractivity contribution in [2.75, 3.05) is 18.8 Å². The van der Waals surface area contributed by atoms with Crippen LogP contribution in [-0.2, 0) is 21.2 Å². The number of carbonyl (C=O) groups excluding carboxylic acids is 1. The molecule has 1 aliphatic rings. The Hall–Kier alpha value is -1.40. The number of hydrogen-bond donors (Lipinski definition) is 1. The van der Waals surface area contributed by atoms with Crippen molar-refractivity contribution in [1.29, 1.82) is 0 Å². The van der Waals surface area contributed by atoms with Gasteiger partial charge in [-0.1, -0.05) is 30.3 Å². The summed E-state index contributed by atoms with van der Waals surface area (Å²) in [6.07, 6.45) is 3.41. The van der Waals surface area contributed by atoms with Crippen LogP contribution in [0.25, 0.3) is 0 Å². The Bertz CT molecular complexity index is 583. The fourth-order valence-corrected chi connectivity index (χ4v) is 3.56. The number of sulfonamides is 1. The maximum absolute atomic E-state index is 11.9. The highest BCUT2D eigenvalue weighted by Crippen LogP contribution is 2.26. The van der Waals surface area contributed by atoms with Gasteiger partial charge in [-0.05, 0) is 31.2 Å². The van der Waals surface area contributed by atoms with Gasteiger partial charge in [0, 0.05) is 26.1 Å². The van der Waals surface area contributed by atoms with Gasteiger partial charge in [-0.25, -0.2) is 13.1 Å². The highest BCUT2D eigenvalue weighted by atomic mass is 32.2. The highest BCUT2D eigenvalue weighted by molar-refractivity contribution is 7.89. The molecule has 5 nitrogen and oxygen atoms in total. The lowest BCUT2D eigenvalue weighted by Crippen LogP contribution is -2.39. The minimum absolute atomic E-state index is 0.0192. The average molecular weight is 324 g/mol. The molecule has 0 heterocycles. The Labute approximate surface area is 132 Å².